The molecule has 4 rings (SSSR count). The Hall–Kier alpha value is -3.14. The zero-order chi connectivity index (χ0) is 20.5. The molecule has 10 heteroatoms. The summed E-state index contributed by atoms with van der Waals surface area (Å²) >= 11 is 0. The number of halogens is 2. The van der Waals surface area contributed by atoms with Crippen LogP contribution >= 0.6 is 0 Å². The molecule has 2 atom stereocenters. The summed E-state index contributed by atoms with van der Waals surface area (Å²) in [5, 5.41) is 5.71. The lowest BCUT2D eigenvalue weighted by atomic mass is 10.2. The van der Waals surface area contributed by atoms with Gasteiger partial charge in [0, 0.05) is 25.0 Å². The first kappa shape index (κ1) is 19.2. The third-order valence-corrected chi connectivity index (χ3v) is 4.79. The van der Waals surface area contributed by atoms with E-state index in [9.17, 15) is 13.6 Å². The molecule has 1 amide bonds. The number of aromatic nitrogens is 4. The maximum absolute atomic E-state index is 14.2. The number of amides is 1. The van der Waals surface area contributed by atoms with Gasteiger partial charge in [-0.05, 0) is 13.5 Å². The van der Waals surface area contributed by atoms with Crippen LogP contribution in [0.15, 0.2) is 30.9 Å². The lowest BCUT2D eigenvalue weighted by Crippen LogP contribution is -2.37. The molecule has 0 spiro atoms. The van der Waals surface area contributed by atoms with Crippen molar-refractivity contribution in [3.8, 4) is 0 Å². The number of rotatable bonds is 5. The highest BCUT2D eigenvalue weighted by atomic mass is 19.1. The molecule has 0 saturated carbocycles. The van der Waals surface area contributed by atoms with Crippen molar-refractivity contribution >= 4 is 23.1 Å². The maximum Gasteiger partial charge on any atom is 0.275 e. The summed E-state index contributed by atoms with van der Waals surface area (Å²) in [6.45, 7) is 5.09. The van der Waals surface area contributed by atoms with Gasteiger partial charge in [0.25, 0.3) is 5.91 Å². The van der Waals surface area contributed by atoms with E-state index in [1.165, 1.54) is 22.9 Å². The van der Waals surface area contributed by atoms with Crippen LogP contribution in [0.1, 0.15) is 23.1 Å². The molecule has 29 heavy (non-hydrogen) atoms. The molecular weight excluding hydrogens is 380 g/mol. The number of anilines is 2. The summed E-state index contributed by atoms with van der Waals surface area (Å²) in [7, 11) is 0. The van der Waals surface area contributed by atoms with E-state index in [-0.39, 0.29) is 29.6 Å². The van der Waals surface area contributed by atoms with Crippen molar-refractivity contribution in [1.82, 2.24) is 24.7 Å². The Morgan fingerprint density at radius 3 is 2.83 bits per heavy atom. The third-order valence-electron chi connectivity index (χ3n) is 4.79. The Labute approximate surface area is 166 Å². The SMILES string of the molecule is CCN[C@H]1CN(c2cnc(C(=O)Nc3cc(F)c4nc(C)cn4c3)cn2)C[C@H]1F. The number of fused-ring (bicyclic) bond motifs is 1. The Bertz CT molecular complexity index is 1040. The molecule has 1 aliphatic heterocycles. The second kappa shape index (κ2) is 7.70. The minimum atomic E-state index is -0.989. The minimum absolute atomic E-state index is 0.0790. The van der Waals surface area contributed by atoms with Gasteiger partial charge in [0.2, 0.25) is 0 Å². The Kier molecular flexibility index (Phi) is 5.10. The normalized spacial score (nSPS) is 19.1. The Morgan fingerprint density at radius 2 is 2.10 bits per heavy atom. The summed E-state index contributed by atoms with van der Waals surface area (Å²) in [4.78, 5) is 26.7. The van der Waals surface area contributed by atoms with E-state index in [2.05, 4.69) is 25.6 Å². The van der Waals surface area contributed by atoms with E-state index in [4.69, 9.17) is 0 Å². The van der Waals surface area contributed by atoms with Crippen molar-refractivity contribution in [3.63, 3.8) is 0 Å². The molecule has 3 aromatic rings. The maximum atomic E-state index is 14.2. The van der Waals surface area contributed by atoms with Gasteiger partial charge in [-0.25, -0.2) is 23.7 Å². The molecule has 0 aromatic carbocycles. The van der Waals surface area contributed by atoms with Gasteiger partial charge < -0.3 is 19.9 Å². The van der Waals surface area contributed by atoms with Crippen molar-refractivity contribution in [2.75, 3.05) is 29.9 Å². The number of imidazole rings is 1. The van der Waals surface area contributed by atoms with Crippen molar-refractivity contribution < 1.29 is 13.6 Å². The lowest BCUT2D eigenvalue weighted by Gasteiger charge is -2.16. The topological polar surface area (TPSA) is 87.5 Å². The lowest BCUT2D eigenvalue weighted by molar-refractivity contribution is 0.102. The second-order valence-electron chi connectivity index (χ2n) is 6.99. The predicted molar refractivity (Wildman–Crippen MR) is 104 cm³/mol. The van der Waals surface area contributed by atoms with Gasteiger partial charge in [0.05, 0.1) is 36.4 Å². The highest BCUT2D eigenvalue weighted by Crippen LogP contribution is 2.20. The number of aryl methyl sites for hydroxylation is 1. The number of carbonyl (C=O) groups is 1. The highest BCUT2D eigenvalue weighted by Gasteiger charge is 2.33. The van der Waals surface area contributed by atoms with Crippen LogP contribution in [0.5, 0.6) is 0 Å². The number of alkyl halides is 1. The minimum Gasteiger partial charge on any atom is -0.351 e. The first-order valence-electron chi connectivity index (χ1n) is 9.35. The van der Waals surface area contributed by atoms with Crippen LogP contribution in [0, 0.1) is 12.7 Å². The highest BCUT2D eigenvalue weighted by molar-refractivity contribution is 6.02. The number of nitrogens with one attached hydrogen (secondary N) is 2. The first-order valence-corrected chi connectivity index (χ1v) is 9.35. The smallest absolute Gasteiger partial charge is 0.275 e. The average molecular weight is 401 g/mol. The molecule has 2 N–H and O–H groups in total. The molecule has 0 radical (unpaired) electrons. The van der Waals surface area contributed by atoms with E-state index >= 15 is 0 Å². The first-order chi connectivity index (χ1) is 13.9. The van der Waals surface area contributed by atoms with Gasteiger partial charge in [-0.2, -0.15) is 0 Å². The van der Waals surface area contributed by atoms with Gasteiger partial charge in [0.1, 0.15) is 17.7 Å². The van der Waals surface area contributed by atoms with Gasteiger partial charge >= 0.3 is 0 Å². The number of nitrogens with zero attached hydrogens (tertiary/aromatic N) is 5. The number of likely N-dealkylation sites (N-methyl/N-ethyl adjacent to an activating group) is 1. The van der Waals surface area contributed by atoms with Crippen LogP contribution in [-0.4, -0.2) is 57.1 Å². The standard InChI is InChI=1S/C19H21F2N7O/c1-3-22-16-10-27(9-14(16)21)17-6-23-15(5-24-17)19(29)26-12-4-13(20)18-25-11(2)7-28(18)8-12/h4-8,14,16,22H,3,9-10H2,1-2H3,(H,26,29)/t14-,16+/m1/s1. The third kappa shape index (κ3) is 3.88. The largest absolute Gasteiger partial charge is 0.351 e. The fourth-order valence-electron chi connectivity index (χ4n) is 3.45. The van der Waals surface area contributed by atoms with Gasteiger partial charge in [-0.1, -0.05) is 6.92 Å². The molecule has 1 aliphatic rings. The number of carbonyl (C=O) groups excluding carboxylic acids is 1. The fraction of sp³-hybridized carbons (Fsp3) is 0.368. The summed E-state index contributed by atoms with van der Waals surface area (Å²) in [5.74, 6) is -0.553. The van der Waals surface area contributed by atoms with Crippen molar-refractivity contribution in [2.45, 2.75) is 26.1 Å². The Morgan fingerprint density at radius 1 is 1.28 bits per heavy atom. The van der Waals surface area contributed by atoms with Crippen molar-refractivity contribution in [2.24, 2.45) is 0 Å². The number of hydrogen-bond acceptors (Lipinski definition) is 6. The zero-order valence-corrected chi connectivity index (χ0v) is 16.1. The summed E-state index contributed by atoms with van der Waals surface area (Å²) in [5.41, 5.74) is 1.21. The molecule has 4 heterocycles. The molecule has 0 bridgehead atoms. The van der Waals surface area contributed by atoms with Crippen LogP contribution in [0.3, 0.4) is 0 Å². The van der Waals surface area contributed by atoms with Gasteiger partial charge in [-0.15, -0.1) is 0 Å². The van der Waals surface area contributed by atoms with E-state index in [0.29, 0.717) is 24.6 Å². The summed E-state index contributed by atoms with van der Waals surface area (Å²) < 4.78 is 29.7. The summed E-state index contributed by atoms with van der Waals surface area (Å²) in [6.07, 6.45) is 5.02. The van der Waals surface area contributed by atoms with Crippen LogP contribution in [0.25, 0.3) is 5.65 Å². The molecule has 3 aromatic heterocycles. The molecule has 8 nitrogen and oxygen atoms in total. The molecule has 1 saturated heterocycles. The van der Waals surface area contributed by atoms with Crippen molar-refractivity contribution in [3.05, 3.63) is 48.1 Å². The average Bonchev–Trinajstić information content (AvgIpc) is 3.25. The monoisotopic (exact) mass is 401 g/mol. The molecule has 152 valence electrons. The summed E-state index contributed by atoms with van der Waals surface area (Å²) in [6, 6.07) is 0.954. The van der Waals surface area contributed by atoms with Gasteiger partial charge in [0.15, 0.2) is 11.5 Å². The van der Waals surface area contributed by atoms with Crippen LogP contribution in [0.2, 0.25) is 0 Å². The zero-order valence-electron chi connectivity index (χ0n) is 16.1. The van der Waals surface area contributed by atoms with Crippen molar-refractivity contribution in [1.29, 1.82) is 0 Å². The number of hydrogen-bond donors (Lipinski definition) is 2. The molecule has 1 fully saturated rings. The van der Waals surface area contributed by atoms with Crippen LogP contribution in [-0.2, 0) is 0 Å². The van der Waals surface area contributed by atoms with Crippen LogP contribution in [0.4, 0.5) is 20.3 Å². The molecule has 0 aliphatic carbocycles. The van der Waals surface area contributed by atoms with E-state index in [0.717, 1.165) is 0 Å². The molecule has 0 unspecified atom stereocenters. The number of pyridine rings is 1. The van der Waals surface area contributed by atoms with E-state index < -0.39 is 17.9 Å². The molecular formula is C19H21F2N7O. The predicted octanol–water partition coefficient (Wildman–Crippen LogP) is 1.96. The van der Waals surface area contributed by atoms with Crippen LogP contribution < -0.4 is 15.5 Å². The van der Waals surface area contributed by atoms with E-state index in [1.54, 1.807) is 24.2 Å². The second-order valence-corrected chi connectivity index (χ2v) is 6.99. The van der Waals surface area contributed by atoms with E-state index in [1.807, 2.05) is 6.92 Å². The quantitative estimate of drug-likeness (QED) is 0.680. The fourth-order valence-corrected chi connectivity index (χ4v) is 3.45. The Balaban J connectivity index is 1.46. The van der Waals surface area contributed by atoms with Gasteiger partial charge in [-0.3, -0.25) is 4.79 Å².